The Labute approximate surface area is 184 Å². The van der Waals surface area contributed by atoms with Crippen LogP contribution in [0.5, 0.6) is 5.75 Å². The van der Waals surface area contributed by atoms with Gasteiger partial charge in [0.2, 0.25) is 5.95 Å². The van der Waals surface area contributed by atoms with Crippen molar-refractivity contribution in [3.63, 3.8) is 0 Å². The number of ether oxygens (including phenoxy) is 1. The second kappa shape index (κ2) is 10.2. The molecule has 0 saturated heterocycles. The predicted octanol–water partition coefficient (Wildman–Crippen LogP) is 5.68. The Morgan fingerprint density at radius 1 is 1.06 bits per heavy atom. The largest absolute Gasteiger partial charge is 0.493 e. The van der Waals surface area contributed by atoms with Crippen LogP contribution in [0, 0.1) is 5.92 Å². The first kappa shape index (κ1) is 21.1. The van der Waals surface area contributed by atoms with Crippen molar-refractivity contribution in [3.05, 3.63) is 78.5 Å². The molecule has 160 valence electrons. The Morgan fingerprint density at radius 2 is 1.97 bits per heavy atom. The van der Waals surface area contributed by atoms with Gasteiger partial charge in [0.15, 0.2) is 0 Å². The zero-order chi connectivity index (χ0) is 21.5. The van der Waals surface area contributed by atoms with Crippen molar-refractivity contribution in [2.75, 3.05) is 25.0 Å². The van der Waals surface area contributed by atoms with Gasteiger partial charge >= 0.3 is 0 Å². The summed E-state index contributed by atoms with van der Waals surface area (Å²) in [5.41, 5.74) is 4.14. The fraction of sp³-hybridized carbons (Fsp3) is 0.308. The summed E-state index contributed by atoms with van der Waals surface area (Å²) >= 11 is 0. The van der Waals surface area contributed by atoms with Gasteiger partial charge < -0.3 is 10.1 Å². The molecular weight excluding hydrogens is 384 g/mol. The molecule has 0 atom stereocenters. The summed E-state index contributed by atoms with van der Waals surface area (Å²) in [6, 6.07) is 18.5. The van der Waals surface area contributed by atoms with E-state index in [1.165, 1.54) is 5.56 Å². The van der Waals surface area contributed by atoms with Crippen molar-refractivity contribution < 1.29 is 4.74 Å². The van der Waals surface area contributed by atoms with Crippen molar-refractivity contribution in [2.24, 2.45) is 5.92 Å². The average molecular weight is 415 g/mol. The van der Waals surface area contributed by atoms with Gasteiger partial charge in [0.05, 0.1) is 12.3 Å². The molecule has 5 nitrogen and oxygen atoms in total. The zero-order valence-corrected chi connectivity index (χ0v) is 18.3. The minimum Gasteiger partial charge on any atom is -0.493 e. The van der Waals surface area contributed by atoms with Crippen LogP contribution in [0.25, 0.3) is 11.3 Å². The Kier molecular flexibility index (Phi) is 6.95. The van der Waals surface area contributed by atoms with Crippen LogP contribution in [-0.4, -0.2) is 34.6 Å². The minimum absolute atomic E-state index is 0.587. The average Bonchev–Trinajstić information content (AvgIpc) is 2.76. The highest BCUT2D eigenvalue weighted by Gasteiger charge is 2.09. The molecule has 31 heavy (non-hydrogen) atoms. The lowest BCUT2D eigenvalue weighted by Crippen LogP contribution is -2.27. The number of rotatable bonds is 2. The van der Waals surface area contributed by atoms with E-state index in [9.17, 15) is 0 Å². The number of anilines is 2. The summed E-state index contributed by atoms with van der Waals surface area (Å²) in [5.74, 6) is 2.05. The lowest BCUT2D eigenvalue weighted by atomic mass is 10.1. The first-order chi connectivity index (χ1) is 15.2. The van der Waals surface area contributed by atoms with Crippen molar-refractivity contribution in [1.82, 2.24) is 14.9 Å². The smallest absolute Gasteiger partial charge is 0.227 e. The molecule has 1 aliphatic heterocycles. The fourth-order valence-corrected chi connectivity index (χ4v) is 3.77. The van der Waals surface area contributed by atoms with Gasteiger partial charge in [-0.05, 0) is 48.2 Å². The van der Waals surface area contributed by atoms with Gasteiger partial charge in [0.25, 0.3) is 0 Å². The molecule has 1 aromatic heterocycles. The molecular formula is C26H30N4O. The van der Waals surface area contributed by atoms with E-state index in [4.69, 9.17) is 9.72 Å². The maximum absolute atomic E-state index is 5.96. The molecule has 1 N–H and O–H groups in total. The predicted molar refractivity (Wildman–Crippen MR) is 127 cm³/mol. The quantitative estimate of drug-likeness (QED) is 0.547. The molecule has 3 aromatic rings. The third kappa shape index (κ3) is 6.15. The molecule has 0 fully saturated rings. The van der Waals surface area contributed by atoms with E-state index < -0.39 is 0 Å². The molecule has 2 aromatic carbocycles. The summed E-state index contributed by atoms with van der Waals surface area (Å²) in [6.45, 7) is 8.06. The fourth-order valence-electron chi connectivity index (χ4n) is 3.77. The lowest BCUT2D eigenvalue weighted by Gasteiger charge is -2.23. The van der Waals surface area contributed by atoms with E-state index in [1.54, 1.807) is 6.20 Å². The first-order valence-electron chi connectivity index (χ1n) is 11.0. The van der Waals surface area contributed by atoms with Crippen LogP contribution >= 0.6 is 0 Å². The van der Waals surface area contributed by atoms with Crippen molar-refractivity contribution in [3.8, 4) is 17.0 Å². The Morgan fingerprint density at radius 3 is 2.87 bits per heavy atom. The van der Waals surface area contributed by atoms with E-state index in [2.05, 4.69) is 65.5 Å². The Bertz CT molecular complexity index is 1030. The van der Waals surface area contributed by atoms with E-state index in [0.717, 1.165) is 48.7 Å². The second-order valence-electron chi connectivity index (χ2n) is 8.32. The number of fused-ring (bicyclic) bond motifs is 7. The van der Waals surface area contributed by atoms with Crippen LogP contribution in [0.3, 0.4) is 0 Å². The second-order valence-corrected chi connectivity index (χ2v) is 8.32. The molecule has 4 rings (SSSR count). The van der Waals surface area contributed by atoms with Crippen LogP contribution in [-0.2, 0) is 6.54 Å². The number of hydrogen-bond donors (Lipinski definition) is 1. The Balaban J connectivity index is 1.65. The molecule has 0 spiro atoms. The Hall–Kier alpha value is -3.18. The molecule has 0 radical (unpaired) electrons. The maximum Gasteiger partial charge on any atom is 0.227 e. The monoisotopic (exact) mass is 414 g/mol. The highest BCUT2D eigenvalue weighted by atomic mass is 16.5. The number of hydrogen-bond acceptors (Lipinski definition) is 5. The summed E-state index contributed by atoms with van der Waals surface area (Å²) in [4.78, 5) is 11.6. The van der Waals surface area contributed by atoms with Crippen LogP contribution in [0.4, 0.5) is 11.6 Å². The summed E-state index contributed by atoms with van der Waals surface area (Å²) in [5, 5.41) is 3.37. The van der Waals surface area contributed by atoms with Gasteiger partial charge in [0.1, 0.15) is 5.75 Å². The molecule has 2 heterocycles. The van der Waals surface area contributed by atoms with Crippen LogP contribution < -0.4 is 10.1 Å². The van der Waals surface area contributed by atoms with E-state index in [1.807, 2.05) is 30.3 Å². The highest BCUT2D eigenvalue weighted by Crippen LogP contribution is 2.24. The number of nitrogens with zero attached hydrogens (tertiary/aromatic N) is 3. The topological polar surface area (TPSA) is 50.3 Å². The highest BCUT2D eigenvalue weighted by molar-refractivity contribution is 5.63. The molecule has 5 heteroatoms. The maximum atomic E-state index is 5.96. The molecule has 0 saturated carbocycles. The number of nitrogens with one attached hydrogen (secondary N) is 1. The van der Waals surface area contributed by atoms with Gasteiger partial charge in [0, 0.05) is 37.1 Å². The molecule has 0 aliphatic carbocycles. The molecule has 0 unspecified atom stereocenters. The van der Waals surface area contributed by atoms with E-state index >= 15 is 0 Å². The van der Waals surface area contributed by atoms with E-state index in [-0.39, 0.29) is 0 Å². The van der Waals surface area contributed by atoms with E-state index in [0.29, 0.717) is 18.5 Å². The lowest BCUT2D eigenvalue weighted by molar-refractivity contribution is 0.260. The number of aromatic nitrogens is 2. The van der Waals surface area contributed by atoms with Gasteiger partial charge in [-0.1, -0.05) is 50.3 Å². The van der Waals surface area contributed by atoms with Crippen molar-refractivity contribution in [1.29, 1.82) is 0 Å². The van der Waals surface area contributed by atoms with Gasteiger partial charge in [-0.15, -0.1) is 0 Å². The molecule has 1 aliphatic rings. The van der Waals surface area contributed by atoms with Crippen LogP contribution in [0.15, 0.2) is 72.9 Å². The minimum atomic E-state index is 0.587. The number of benzene rings is 2. The van der Waals surface area contributed by atoms with Gasteiger partial charge in [-0.2, -0.15) is 0 Å². The third-order valence-corrected chi connectivity index (χ3v) is 5.08. The van der Waals surface area contributed by atoms with Crippen molar-refractivity contribution >= 4 is 11.6 Å². The molecule has 6 bridgehead atoms. The van der Waals surface area contributed by atoms with Crippen molar-refractivity contribution in [2.45, 2.75) is 26.8 Å². The zero-order valence-electron chi connectivity index (χ0n) is 18.3. The molecule has 0 amide bonds. The standard InChI is InChI=1S/C26H30N4O/c1-20(2)18-30-14-4-3-5-15-31-24-11-7-9-22(17-24)25-12-13-27-26(29-25)28-23-10-6-8-21(16-23)19-30/h3-4,6-13,16-17,20H,5,14-15,18-19H2,1-2H3,(H,27,28,29)/b4-3+. The van der Waals surface area contributed by atoms with Crippen LogP contribution in [0.1, 0.15) is 25.8 Å². The SMILES string of the molecule is CC(C)CN1C/C=C/CCOc2cccc(c2)-c2ccnc(n2)Nc2cccc(c2)C1. The van der Waals surface area contributed by atoms with Crippen LogP contribution in [0.2, 0.25) is 0 Å². The summed E-state index contributed by atoms with van der Waals surface area (Å²) < 4.78 is 5.96. The summed E-state index contributed by atoms with van der Waals surface area (Å²) in [6.07, 6.45) is 7.15. The first-order valence-corrected chi connectivity index (χ1v) is 11.0. The normalized spacial score (nSPS) is 16.0. The van der Waals surface area contributed by atoms with Gasteiger partial charge in [-0.3, -0.25) is 4.90 Å². The third-order valence-electron chi connectivity index (χ3n) is 5.08. The van der Waals surface area contributed by atoms with Gasteiger partial charge in [-0.25, -0.2) is 9.97 Å². The summed E-state index contributed by atoms with van der Waals surface area (Å²) in [7, 11) is 0.